The van der Waals surface area contributed by atoms with Crippen molar-refractivity contribution < 1.29 is 9.53 Å². The zero-order valence-electron chi connectivity index (χ0n) is 12.1. The Morgan fingerprint density at radius 3 is 2.95 bits per heavy atom. The van der Waals surface area contributed by atoms with E-state index in [0.29, 0.717) is 11.6 Å². The van der Waals surface area contributed by atoms with Crippen molar-refractivity contribution in [3.8, 4) is 5.75 Å². The average Bonchev–Trinajstić information content (AvgIpc) is 2.85. The highest BCUT2D eigenvalue weighted by molar-refractivity contribution is 8.00. The SMILES string of the molecule is Cc1cc(Cl)ccc1OCC1SCCN1C(=O)C(C)C. The fourth-order valence-electron chi connectivity index (χ4n) is 2.18. The molecule has 1 amide bonds. The summed E-state index contributed by atoms with van der Waals surface area (Å²) in [5.74, 6) is 2.05. The summed E-state index contributed by atoms with van der Waals surface area (Å²) in [4.78, 5) is 14.0. The van der Waals surface area contributed by atoms with E-state index in [0.717, 1.165) is 23.6 Å². The van der Waals surface area contributed by atoms with Crippen molar-refractivity contribution in [2.75, 3.05) is 18.9 Å². The molecule has 5 heteroatoms. The molecule has 0 aromatic heterocycles. The van der Waals surface area contributed by atoms with E-state index in [-0.39, 0.29) is 17.2 Å². The summed E-state index contributed by atoms with van der Waals surface area (Å²) >= 11 is 7.71. The number of thioether (sulfide) groups is 1. The summed E-state index contributed by atoms with van der Waals surface area (Å²) < 4.78 is 5.86. The Kier molecular flexibility index (Phi) is 5.22. The summed E-state index contributed by atoms with van der Waals surface area (Å²) in [5.41, 5.74) is 1.02. The van der Waals surface area contributed by atoms with Gasteiger partial charge in [-0.25, -0.2) is 0 Å². The van der Waals surface area contributed by atoms with Gasteiger partial charge in [0, 0.05) is 23.2 Å². The van der Waals surface area contributed by atoms with Gasteiger partial charge in [0.2, 0.25) is 5.91 Å². The summed E-state index contributed by atoms with van der Waals surface area (Å²) in [6, 6.07) is 5.59. The van der Waals surface area contributed by atoms with Crippen molar-refractivity contribution in [2.24, 2.45) is 5.92 Å². The molecule has 0 aliphatic carbocycles. The van der Waals surface area contributed by atoms with Crippen LogP contribution in [-0.2, 0) is 4.79 Å². The van der Waals surface area contributed by atoms with Crippen LogP contribution in [0.5, 0.6) is 5.75 Å². The summed E-state index contributed by atoms with van der Waals surface area (Å²) in [6.45, 7) is 7.18. The Labute approximate surface area is 129 Å². The van der Waals surface area contributed by atoms with Gasteiger partial charge >= 0.3 is 0 Å². The molecule has 0 spiro atoms. The van der Waals surface area contributed by atoms with Gasteiger partial charge in [-0.2, -0.15) is 0 Å². The predicted molar refractivity (Wildman–Crippen MR) is 84.5 cm³/mol. The first-order chi connectivity index (χ1) is 9.49. The smallest absolute Gasteiger partial charge is 0.226 e. The molecule has 1 heterocycles. The first kappa shape index (κ1) is 15.5. The molecule has 1 saturated heterocycles. The second-order valence-corrected chi connectivity index (χ2v) is 6.95. The first-order valence-corrected chi connectivity index (χ1v) is 8.22. The molecular formula is C15H20ClNO2S. The van der Waals surface area contributed by atoms with Gasteiger partial charge in [-0.15, -0.1) is 11.8 Å². The maximum absolute atomic E-state index is 12.1. The third kappa shape index (κ3) is 3.61. The van der Waals surface area contributed by atoms with E-state index in [1.54, 1.807) is 11.8 Å². The van der Waals surface area contributed by atoms with Crippen molar-refractivity contribution in [3.05, 3.63) is 28.8 Å². The molecule has 1 aromatic rings. The van der Waals surface area contributed by atoms with Crippen LogP contribution in [0.3, 0.4) is 0 Å². The van der Waals surface area contributed by atoms with Gasteiger partial charge < -0.3 is 9.64 Å². The Balaban J connectivity index is 1.97. The highest BCUT2D eigenvalue weighted by Crippen LogP contribution is 2.28. The fourth-order valence-corrected chi connectivity index (χ4v) is 3.53. The molecule has 20 heavy (non-hydrogen) atoms. The van der Waals surface area contributed by atoms with Crippen LogP contribution in [0, 0.1) is 12.8 Å². The number of hydrogen-bond acceptors (Lipinski definition) is 3. The van der Waals surface area contributed by atoms with Gasteiger partial charge in [0.25, 0.3) is 0 Å². The number of carbonyl (C=O) groups is 1. The van der Waals surface area contributed by atoms with E-state index in [1.165, 1.54) is 0 Å². The van der Waals surface area contributed by atoms with Gasteiger partial charge in [-0.3, -0.25) is 4.79 Å². The molecule has 2 rings (SSSR count). The second-order valence-electron chi connectivity index (χ2n) is 5.23. The minimum Gasteiger partial charge on any atom is -0.490 e. The Morgan fingerprint density at radius 1 is 1.55 bits per heavy atom. The molecule has 0 bridgehead atoms. The predicted octanol–water partition coefficient (Wildman–Crippen LogP) is 3.58. The van der Waals surface area contributed by atoms with Gasteiger partial charge in [0.05, 0.1) is 0 Å². The summed E-state index contributed by atoms with van der Waals surface area (Å²) in [6.07, 6.45) is 0. The van der Waals surface area contributed by atoms with Gasteiger partial charge in [0.15, 0.2) is 0 Å². The lowest BCUT2D eigenvalue weighted by Gasteiger charge is -2.25. The lowest BCUT2D eigenvalue weighted by molar-refractivity contribution is -0.134. The number of ether oxygens (including phenoxy) is 1. The normalized spacial score (nSPS) is 18.6. The number of halogens is 1. The molecule has 1 aliphatic rings. The van der Waals surface area contributed by atoms with Gasteiger partial charge in [-0.05, 0) is 30.7 Å². The van der Waals surface area contributed by atoms with Crippen LogP contribution in [0.15, 0.2) is 18.2 Å². The molecular weight excluding hydrogens is 294 g/mol. The van der Waals surface area contributed by atoms with Crippen molar-refractivity contribution in [1.29, 1.82) is 0 Å². The number of carbonyl (C=O) groups excluding carboxylic acids is 1. The highest BCUT2D eigenvalue weighted by atomic mass is 35.5. The largest absolute Gasteiger partial charge is 0.490 e. The van der Waals surface area contributed by atoms with E-state index in [2.05, 4.69) is 0 Å². The third-order valence-electron chi connectivity index (χ3n) is 3.29. The van der Waals surface area contributed by atoms with Crippen LogP contribution in [0.2, 0.25) is 5.02 Å². The van der Waals surface area contributed by atoms with Gasteiger partial charge in [0.1, 0.15) is 17.7 Å². The van der Waals surface area contributed by atoms with E-state index in [9.17, 15) is 4.79 Å². The summed E-state index contributed by atoms with van der Waals surface area (Å²) in [7, 11) is 0. The van der Waals surface area contributed by atoms with Crippen LogP contribution in [0.4, 0.5) is 0 Å². The topological polar surface area (TPSA) is 29.5 Å². The number of aryl methyl sites for hydroxylation is 1. The van der Waals surface area contributed by atoms with Crippen molar-refractivity contribution >= 4 is 29.3 Å². The molecule has 1 unspecified atom stereocenters. The van der Waals surface area contributed by atoms with Crippen molar-refractivity contribution in [3.63, 3.8) is 0 Å². The van der Waals surface area contributed by atoms with Gasteiger partial charge in [-0.1, -0.05) is 25.4 Å². The van der Waals surface area contributed by atoms with E-state index >= 15 is 0 Å². The minimum absolute atomic E-state index is 0.0356. The zero-order valence-corrected chi connectivity index (χ0v) is 13.6. The Morgan fingerprint density at radius 2 is 2.30 bits per heavy atom. The molecule has 1 aliphatic heterocycles. The van der Waals surface area contributed by atoms with Crippen LogP contribution in [0.1, 0.15) is 19.4 Å². The lowest BCUT2D eigenvalue weighted by atomic mass is 10.2. The number of amides is 1. The number of hydrogen-bond donors (Lipinski definition) is 0. The molecule has 0 saturated carbocycles. The summed E-state index contributed by atoms with van der Waals surface area (Å²) in [5, 5.41) is 0.821. The van der Waals surface area contributed by atoms with Crippen LogP contribution >= 0.6 is 23.4 Å². The average molecular weight is 314 g/mol. The van der Waals surface area contributed by atoms with E-state index in [1.807, 2.05) is 43.9 Å². The third-order valence-corrected chi connectivity index (χ3v) is 4.71. The Bertz CT molecular complexity index is 493. The van der Waals surface area contributed by atoms with Crippen LogP contribution in [0.25, 0.3) is 0 Å². The lowest BCUT2D eigenvalue weighted by Crippen LogP contribution is -2.40. The van der Waals surface area contributed by atoms with E-state index in [4.69, 9.17) is 16.3 Å². The van der Waals surface area contributed by atoms with Crippen LogP contribution in [-0.4, -0.2) is 35.1 Å². The monoisotopic (exact) mass is 313 g/mol. The zero-order chi connectivity index (χ0) is 14.7. The van der Waals surface area contributed by atoms with Crippen LogP contribution < -0.4 is 4.74 Å². The van der Waals surface area contributed by atoms with Crippen molar-refractivity contribution in [2.45, 2.75) is 26.1 Å². The number of benzene rings is 1. The van der Waals surface area contributed by atoms with Crippen molar-refractivity contribution in [1.82, 2.24) is 4.90 Å². The maximum atomic E-state index is 12.1. The first-order valence-electron chi connectivity index (χ1n) is 6.80. The number of rotatable bonds is 4. The minimum atomic E-state index is 0.0356. The molecule has 0 N–H and O–H groups in total. The highest BCUT2D eigenvalue weighted by Gasteiger charge is 2.31. The quantitative estimate of drug-likeness (QED) is 0.851. The fraction of sp³-hybridized carbons (Fsp3) is 0.533. The standard InChI is InChI=1S/C15H20ClNO2S/c1-10(2)15(18)17-6-7-20-14(17)9-19-13-5-4-12(16)8-11(13)3/h4-5,8,10,14H,6-7,9H2,1-3H3. The molecule has 110 valence electrons. The molecule has 3 nitrogen and oxygen atoms in total. The van der Waals surface area contributed by atoms with E-state index < -0.39 is 0 Å². The molecule has 1 fully saturated rings. The second kappa shape index (κ2) is 6.72. The maximum Gasteiger partial charge on any atom is 0.226 e. The number of nitrogens with zero attached hydrogens (tertiary/aromatic N) is 1. The Hall–Kier alpha value is -0.870. The molecule has 1 atom stereocenters. The molecule has 0 radical (unpaired) electrons. The molecule has 1 aromatic carbocycles.